The molecule has 0 saturated heterocycles. The van der Waals surface area contributed by atoms with Crippen LogP contribution in [0.25, 0.3) is 0 Å². The molecule has 0 aromatic heterocycles. The molecule has 4 heteroatoms. The zero-order valence-corrected chi connectivity index (χ0v) is 11.9. The third-order valence-electron chi connectivity index (χ3n) is 2.43. The highest BCUT2D eigenvalue weighted by Crippen LogP contribution is 2.30. The van der Waals surface area contributed by atoms with E-state index in [1.165, 1.54) is 12.8 Å². The molecule has 1 aromatic rings. The van der Waals surface area contributed by atoms with E-state index in [0.717, 1.165) is 20.7 Å². The molecule has 1 aromatic carbocycles. The average molecular weight is 278 g/mol. The number of halogens is 2. The topological polar surface area (TPSA) is 12.0 Å². The van der Waals surface area contributed by atoms with E-state index in [1.54, 1.807) is 11.8 Å². The third-order valence-corrected chi connectivity index (χ3v) is 4.24. The second-order valence-electron chi connectivity index (χ2n) is 3.76. The van der Waals surface area contributed by atoms with Crippen LogP contribution in [0.4, 0.5) is 0 Å². The van der Waals surface area contributed by atoms with Crippen LogP contribution in [0.1, 0.15) is 19.8 Å². The summed E-state index contributed by atoms with van der Waals surface area (Å²) in [7, 11) is 1.99. The van der Waals surface area contributed by atoms with Crippen molar-refractivity contribution in [1.82, 2.24) is 5.32 Å². The van der Waals surface area contributed by atoms with Gasteiger partial charge in [-0.25, -0.2) is 0 Å². The molecule has 0 spiro atoms. The van der Waals surface area contributed by atoms with E-state index in [1.807, 2.05) is 25.2 Å². The van der Waals surface area contributed by atoms with Gasteiger partial charge in [-0.15, -0.1) is 11.8 Å². The molecule has 0 aliphatic carbocycles. The molecule has 0 saturated carbocycles. The number of nitrogens with one attached hydrogen (secondary N) is 1. The average Bonchev–Trinajstić information content (AvgIpc) is 2.28. The molecular weight excluding hydrogens is 261 g/mol. The standard InChI is InChI=1S/C12H17Cl2NS/c1-9(15-2)4-3-7-16-12-8-10(13)5-6-11(12)14/h5-6,8-9,15H,3-4,7H2,1-2H3. The number of hydrogen-bond acceptors (Lipinski definition) is 2. The summed E-state index contributed by atoms with van der Waals surface area (Å²) < 4.78 is 0. The molecule has 0 radical (unpaired) electrons. The first kappa shape index (κ1) is 14.2. The molecule has 0 fully saturated rings. The van der Waals surface area contributed by atoms with Gasteiger partial charge in [-0.3, -0.25) is 0 Å². The van der Waals surface area contributed by atoms with E-state index < -0.39 is 0 Å². The van der Waals surface area contributed by atoms with Gasteiger partial charge in [0.05, 0.1) is 5.02 Å². The highest BCUT2D eigenvalue weighted by atomic mass is 35.5. The Morgan fingerprint density at radius 3 is 2.81 bits per heavy atom. The molecule has 0 aliphatic heterocycles. The fourth-order valence-electron chi connectivity index (χ4n) is 1.30. The van der Waals surface area contributed by atoms with Gasteiger partial charge in [0.1, 0.15) is 0 Å². The largest absolute Gasteiger partial charge is 0.317 e. The monoisotopic (exact) mass is 277 g/mol. The second-order valence-corrected chi connectivity index (χ2v) is 5.74. The lowest BCUT2D eigenvalue weighted by atomic mass is 10.2. The van der Waals surface area contributed by atoms with Crippen LogP contribution in [0, 0.1) is 0 Å². The van der Waals surface area contributed by atoms with Crippen molar-refractivity contribution < 1.29 is 0 Å². The van der Waals surface area contributed by atoms with Crippen molar-refractivity contribution in [2.75, 3.05) is 12.8 Å². The SMILES string of the molecule is CNC(C)CCCSc1cc(Cl)ccc1Cl. The Morgan fingerprint density at radius 2 is 2.12 bits per heavy atom. The van der Waals surface area contributed by atoms with Gasteiger partial charge in [-0.05, 0) is 50.8 Å². The zero-order chi connectivity index (χ0) is 12.0. The maximum atomic E-state index is 6.07. The van der Waals surface area contributed by atoms with Crippen LogP contribution in [-0.4, -0.2) is 18.8 Å². The molecule has 16 heavy (non-hydrogen) atoms. The van der Waals surface area contributed by atoms with E-state index >= 15 is 0 Å². The Balaban J connectivity index is 2.34. The minimum absolute atomic E-state index is 0.579. The Hall–Kier alpha value is 0.110. The van der Waals surface area contributed by atoms with E-state index in [2.05, 4.69) is 12.2 Å². The van der Waals surface area contributed by atoms with Crippen LogP contribution in [-0.2, 0) is 0 Å². The van der Waals surface area contributed by atoms with Crippen molar-refractivity contribution in [3.63, 3.8) is 0 Å². The number of hydrogen-bond donors (Lipinski definition) is 1. The smallest absolute Gasteiger partial charge is 0.0542 e. The number of rotatable bonds is 6. The molecule has 1 rings (SSSR count). The van der Waals surface area contributed by atoms with Gasteiger partial charge in [0, 0.05) is 16.0 Å². The summed E-state index contributed by atoms with van der Waals surface area (Å²) in [6, 6.07) is 6.17. The molecule has 1 unspecified atom stereocenters. The Kier molecular flexibility index (Phi) is 6.59. The minimum atomic E-state index is 0.579. The number of benzene rings is 1. The van der Waals surface area contributed by atoms with E-state index in [9.17, 15) is 0 Å². The van der Waals surface area contributed by atoms with Gasteiger partial charge >= 0.3 is 0 Å². The highest BCUT2D eigenvalue weighted by molar-refractivity contribution is 7.99. The Labute approximate surface area is 112 Å². The summed E-state index contributed by atoms with van der Waals surface area (Å²) in [5.41, 5.74) is 0. The molecule has 0 amide bonds. The van der Waals surface area contributed by atoms with Crippen LogP contribution in [0.2, 0.25) is 10.0 Å². The molecule has 1 N–H and O–H groups in total. The second kappa shape index (κ2) is 7.44. The van der Waals surface area contributed by atoms with Crippen molar-refractivity contribution in [3.8, 4) is 0 Å². The van der Waals surface area contributed by atoms with Crippen LogP contribution >= 0.6 is 35.0 Å². The minimum Gasteiger partial charge on any atom is -0.317 e. The molecule has 0 bridgehead atoms. The number of thioether (sulfide) groups is 1. The molecule has 90 valence electrons. The van der Waals surface area contributed by atoms with Gasteiger partial charge in [-0.2, -0.15) is 0 Å². The fourth-order valence-corrected chi connectivity index (χ4v) is 2.77. The highest BCUT2D eigenvalue weighted by Gasteiger charge is 2.03. The lowest BCUT2D eigenvalue weighted by molar-refractivity contribution is 0.559. The van der Waals surface area contributed by atoms with E-state index in [0.29, 0.717) is 6.04 Å². The van der Waals surface area contributed by atoms with Crippen molar-refractivity contribution in [1.29, 1.82) is 0 Å². The fraction of sp³-hybridized carbons (Fsp3) is 0.500. The van der Waals surface area contributed by atoms with Gasteiger partial charge < -0.3 is 5.32 Å². The summed E-state index contributed by atoms with van der Waals surface area (Å²) >= 11 is 13.8. The van der Waals surface area contributed by atoms with E-state index in [-0.39, 0.29) is 0 Å². The summed E-state index contributed by atoms with van der Waals surface area (Å²) in [5.74, 6) is 1.08. The summed E-state index contributed by atoms with van der Waals surface area (Å²) in [5, 5.41) is 4.76. The first-order chi connectivity index (χ1) is 7.63. The molecule has 0 aliphatic rings. The molecule has 1 atom stereocenters. The summed E-state index contributed by atoms with van der Waals surface area (Å²) in [4.78, 5) is 1.08. The Morgan fingerprint density at radius 1 is 1.38 bits per heavy atom. The maximum absolute atomic E-state index is 6.07. The lowest BCUT2D eigenvalue weighted by Gasteiger charge is -2.09. The molecule has 0 heterocycles. The van der Waals surface area contributed by atoms with E-state index in [4.69, 9.17) is 23.2 Å². The predicted octanol–water partition coefficient (Wildman–Crippen LogP) is 4.47. The van der Waals surface area contributed by atoms with Crippen molar-refractivity contribution >= 4 is 35.0 Å². The van der Waals surface area contributed by atoms with Gasteiger partial charge in [0.2, 0.25) is 0 Å². The quantitative estimate of drug-likeness (QED) is 0.608. The Bertz CT molecular complexity index is 331. The molecule has 1 nitrogen and oxygen atoms in total. The first-order valence-electron chi connectivity index (χ1n) is 5.38. The first-order valence-corrected chi connectivity index (χ1v) is 7.12. The third kappa shape index (κ3) is 4.96. The molecular formula is C12H17Cl2NS. The summed E-state index contributed by atoms with van der Waals surface area (Å²) in [6.07, 6.45) is 2.36. The van der Waals surface area contributed by atoms with Crippen molar-refractivity contribution in [2.24, 2.45) is 0 Å². The maximum Gasteiger partial charge on any atom is 0.0542 e. The van der Waals surface area contributed by atoms with Crippen LogP contribution < -0.4 is 5.32 Å². The van der Waals surface area contributed by atoms with Crippen LogP contribution in [0.5, 0.6) is 0 Å². The zero-order valence-electron chi connectivity index (χ0n) is 9.59. The van der Waals surface area contributed by atoms with Gasteiger partial charge in [0.15, 0.2) is 0 Å². The normalized spacial score (nSPS) is 12.8. The van der Waals surface area contributed by atoms with Crippen LogP contribution in [0.15, 0.2) is 23.1 Å². The van der Waals surface area contributed by atoms with Crippen LogP contribution in [0.3, 0.4) is 0 Å². The van der Waals surface area contributed by atoms with Gasteiger partial charge in [-0.1, -0.05) is 23.2 Å². The van der Waals surface area contributed by atoms with Crippen molar-refractivity contribution in [2.45, 2.75) is 30.7 Å². The lowest BCUT2D eigenvalue weighted by Crippen LogP contribution is -2.20. The summed E-state index contributed by atoms with van der Waals surface area (Å²) in [6.45, 7) is 2.19. The van der Waals surface area contributed by atoms with Crippen molar-refractivity contribution in [3.05, 3.63) is 28.2 Å². The predicted molar refractivity (Wildman–Crippen MR) is 74.9 cm³/mol. The van der Waals surface area contributed by atoms with Gasteiger partial charge in [0.25, 0.3) is 0 Å².